The Kier molecular flexibility index (Phi) is 5.02. The van der Waals surface area contributed by atoms with Crippen molar-refractivity contribution in [3.8, 4) is 0 Å². The van der Waals surface area contributed by atoms with E-state index in [4.69, 9.17) is 4.74 Å². The van der Waals surface area contributed by atoms with Crippen molar-refractivity contribution in [1.29, 1.82) is 0 Å². The van der Waals surface area contributed by atoms with Gasteiger partial charge in [0.05, 0.1) is 18.1 Å². The molecule has 0 aromatic heterocycles. The number of nitrogens with one attached hydrogen (secondary N) is 2. The summed E-state index contributed by atoms with van der Waals surface area (Å²) in [4.78, 5) is 37.1. The minimum Gasteiger partial charge on any atom is -0.463 e. The lowest BCUT2D eigenvalue weighted by Gasteiger charge is -2.25. The zero-order valence-electron chi connectivity index (χ0n) is 14.7. The van der Waals surface area contributed by atoms with Crippen molar-refractivity contribution in [2.75, 3.05) is 11.9 Å². The van der Waals surface area contributed by atoms with Crippen LogP contribution in [0.15, 0.2) is 53.7 Å². The van der Waals surface area contributed by atoms with Crippen molar-refractivity contribution in [2.24, 2.45) is 5.92 Å². The molecule has 1 aliphatic rings. The summed E-state index contributed by atoms with van der Waals surface area (Å²) in [7, 11) is 0. The maximum atomic E-state index is 12.9. The molecule has 6 heteroatoms. The average molecular weight is 352 g/mol. The molecule has 0 saturated carbocycles. The van der Waals surface area contributed by atoms with Gasteiger partial charge in [-0.05, 0) is 25.3 Å². The number of ether oxygens (including phenoxy) is 1. The Labute approximate surface area is 151 Å². The number of benzene rings is 2. The molecule has 0 saturated heterocycles. The second-order valence-corrected chi connectivity index (χ2v) is 6.08. The van der Waals surface area contributed by atoms with E-state index in [9.17, 15) is 14.4 Å². The van der Waals surface area contributed by atoms with Crippen LogP contribution >= 0.6 is 0 Å². The quantitative estimate of drug-likeness (QED) is 0.829. The van der Waals surface area contributed by atoms with Crippen molar-refractivity contribution in [3.05, 3.63) is 53.7 Å². The minimum absolute atomic E-state index is 0.0952. The van der Waals surface area contributed by atoms with Crippen LogP contribution in [0.4, 0.5) is 5.69 Å². The molecular weight excluding hydrogens is 332 g/mol. The van der Waals surface area contributed by atoms with Crippen LogP contribution in [0.25, 0.3) is 10.8 Å². The maximum absolute atomic E-state index is 12.9. The van der Waals surface area contributed by atoms with Gasteiger partial charge in [-0.15, -0.1) is 0 Å². The van der Waals surface area contributed by atoms with Crippen LogP contribution in [0, 0.1) is 5.92 Å². The highest BCUT2D eigenvalue weighted by atomic mass is 16.5. The van der Waals surface area contributed by atoms with Gasteiger partial charge in [-0.25, -0.2) is 4.79 Å². The van der Waals surface area contributed by atoms with Gasteiger partial charge in [-0.3, -0.25) is 9.59 Å². The Hall–Kier alpha value is -3.15. The Balaban J connectivity index is 1.93. The van der Waals surface area contributed by atoms with Crippen LogP contribution in [0.3, 0.4) is 0 Å². The average Bonchev–Trinajstić information content (AvgIpc) is 2.61. The van der Waals surface area contributed by atoms with Gasteiger partial charge in [-0.2, -0.15) is 0 Å². The number of amides is 2. The van der Waals surface area contributed by atoms with E-state index in [1.165, 1.54) is 0 Å². The molecule has 0 bridgehead atoms. The number of anilines is 1. The number of hydrogen-bond donors (Lipinski definition) is 2. The third kappa shape index (κ3) is 3.44. The fourth-order valence-corrected chi connectivity index (χ4v) is 3.16. The standard InChI is InChI=1S/C20H20N2O4/c1-3-26-20(25)18-12(2)21-17(23)11-15(18)19(24)22-16-10-6-8-13-7-4-5-9-14(13)16/h4-10,15H,3,11H2,1-2H3,(H,21,23)(H,22,24)/t15-/m0/s1. The van der Waals surface area contributed by atoms with Crippen LogP contribution in [0.5, 0.6) is 0 Å². The molecule has 134 valence electrons. The SMILES string of the molecule is CCOC(=O)C1=C(C)NC(=O)C[C@@H]1C(=O)Nc1cccc2ccccc12. The second kappa shape index (κ2) is 7.39. The number of carbonyl (C=O) groups is 3. The molecule has 1 aliphatic heterocycles. The van der Waals surface area contributed by atoms with Crippen molar-refractivity contribution >= 4 is 34.2 Å². The Morgan fingerprint density at radius 1 is 1.19 bits per heavy atom. The highest BCUT2D eigenvalue weighted by molar-refractivity contribution is 6.09. The number of carbonyl (C=O) groups excluding carboxylic acids is 3. The number of hydrogen-bond acceptors (Lipinski definition) is 4. The van der Waals surface area contributed by atoms with E-state index in [2.05, 4.69) is 10.6 Å². The van der Waals surface area contributed by atoms with Gasteiger partial charge < -0.3 is 15.4 Å². The first-order valence-corrected chi connectivity index (χ1v) is 8.47. The van der Waals surface area contributed by atoms with Gasteiger partial charge in [0, 0.05) is 23.2 Å². The Morgan fingerprint density at radius 2 is 1.92 bits per heavy atom. The first kappa shape index (κ1) is 17.7. The van der Waals surface area contributed by atoms with E-state index < -0.39 is 17.8 Å². The zero-order valence-corrected chi connectivity index (χ0v) is 14.7. The molecule has 1 atom stereocenters. The summed E-state index contributed by atoms with van der Waals surface area (Å²) in [6, 6.07) is 13.3. The van der Waals surface area contributed by atoms with Crippen LogP contribution in [0.1, 0.15) is 20.3 Å². The van der Waals surface area contributed by atoms with Gasteiger partial charge in [0.15, 0.2) is 0 Å². The Morgan fingerprint density at radius 3 is 2.69 bits per heavy atom. The summed E-state index contributed by atoms with van der Waals surface area (Å²) in [5.41, 5.74) is 1.20. The van der Waals surface area contributed by atoms with E-state index in [0.29, 0.717) is 11.4 Å². The summed E-state index contributed by atoms with van der Waals surface area (Å²) in [5.74, 6) is -2.17. The smallest absolute Gasteiger partial charge is 0.336 e. The lowest BCUT2D eigenvalue weighted by molar-refractivity contribution is -0.141. The number of fused-ring (bicyclic) bond motifs is 1. The number of rotatable bonds is 4. The van der Waals surface area contributed by atoms with Gasteiger partial charge in [-0.1, -0.05) is 36.4 Å². The third-order valence-electron chi connectivity index (χ3n) is 4.33. The predicted molar refractivity (Wildman–Crippen MR) is 98.2 cm³/mol. The van der Waals surface area contributed by atoms with Gasteiger partial charge in [0.25, 0.3) is 0 Å². The second-order valence-electron chi connectivity index (χ2n) is 6.08. The molecular formula is C20H20N2O4. The molecule has 3 rings (SSSR count). The molecule has 0 fully saturated rings. The molecule has 0 spiro atoms. The molecule has 0 unspecified atom stereocenters. The fraction of sp³-hybridized carbons (Fsp3) is 0.250. The van der Waals surface area contributed by atoms with Crippen molar-refractivity contribution < 1.29 is 19.1 Å². The number of allylic oxidation sites excluding steroid dienone is 1. The van der Waals surface area contributed by atoms with Gasteiger partial charge in [0.2, 0.25) is 11.8 Å². The van der Waals surface area contributed by atoms with Crippen LogP contribution in [-0.2, 0) is 19.1 Å². The summed E-state index contributed by atoms with van der Waals surface area (Å²) in [6.07, 6.45) is -0.0952. The first-order chi connectivity index (χ1) is 12.5. The van der Waals surface area contributed by atoms with Crippen LogP contribution in [0.2, 0.25) is 0 Å². The minimum atomic E-state index is -0.887. The summed E-state index contributed by atoms with van der Waals surface area (Å²) < 4.78 is 5.06. The molecule has 0 radical (unpaired) electrons. The summed E-state index contributed by atoms with van der Waals surface area (Å²) in [5, 5.41) is 7.35. The molecule has 2 aromatic rings. The maximum Gasteiger partial charge on any atom is 0.336 e. The number of esters is 1. The van der Waals surface area contributed by atoms with Crippen molar-refractivity contribution in [3.63, 3.8) is 0 Å². The highest BCUT2D eigenvalue weighted by Gasteiger charge is 2.36. The van der Waals surface area contributed by atoms with Gasteiger partial charge in [0.1, 0.15) is 0 Å². The lowest BCUT2D eigenvalue weighted by atomic mass is 9.89. The first-order valence-electron chi connectivity index (χ1n) is 8.47. The highest BCUT2D eigenvalue weighted by Crippen LogP contribution is 2.28. The topological polar surface area (TPSA) is 84.5 Å². The predicted octanol–water partition coefficient (Wildman–Crippen LogP) is 2.75. The summed E-state index contributed by atoms with van der Waals surface area (Å²) >= 11 is 0. The molecule has 2 N–H and O–H groups in total. The summed E-state index contributed by atoms with van der Waals surface area (Å²) in [6.45, 7) is 3.49. The molecule has 1 heterocycles. The van der Waals surface area contributed by atoms with Gasteiger partial charge >= 0.3 is 5.97 Å². The monoisotopic (exact) mass is 352 g/mol. The lowest BCUT2D eigenvalue weighted by Crippen LogP contribution is -2.40. The van der Waals surface area contributed by atoms with Crippen LogP contribution in [-0.4, -0.2) is 24.4 Å². The molecule has 0 aliphatic carbocycles. The molecule has 6 nitrogen and oxygen atoms in total. The third-order valence-corrected chi connectivity index (χ3v) is 4.33. The molecule has 2 amide bonds. The fourth-order valence-electron chi connectivity index (χ4n) is 3.16. The molecule has 2 aromatic carbocycles. The van der Waals surface area contributed by atoms with Crippen molar-refractivity contribution in [2.45, 2.75) is 20.3 Å². The van der Waals surface area contributed by atoms with E-state index in [1.807, 2.05) is 36.4 Å². The van der Waals surface area contributed by atoms with E-state index in [0.717, 1.165) is 10.8 Å². The van der Waals surface area contributed by atoms with E-state index in [1.54, 1.807) is 19.9 Å². The van der Waals surface area contributed by atoms with E-state index >= 15 is 0 Å². The van der Waals surface area contributed by atoms with E-state index in [-0.39, 0.29) is 24.5 Å². The Bertz CT molecular complexity index is 912. The zero-order chi connectivity index (χ0) is 18.7. The normalized spacial score (nSPS) is 17.0. The largest absolute Gasteiger partial charge is 0.463 e. The molecule has 26 heavy (non-hydrogen) atoms. The van der Waals surface area contributed by atoms with Crippen LogP contribution < -0.4 is 10.6 Å². The van der Waals surface area contributed by atoms with Crippen molar-refractivity contribution in [1.82, 2.24) is 5.32 Å².